The largest absolute Gasteiger partial charge is 0.325 e. The van der Waals surface area contributed by atoms with Crippen LogP contribution in [-0.4, -0.2) is 11.8 Å². The highest BCUT2D eigenvalue weighted by Gasteiger charge is 2.27. The standard InChI is InChI=1S/C30H36N2O2/c1-3-5-10-23-14-18-26(19-15-23)31-29(33)28(22-25-12-8-7-9-13-25)30(34)32-27-20-16-24(17-21-27)11-6-4-2/h7-9,12-21,28H,3-6,10-11,22H2,1-2H3,(H,31,33)(H,32,34). The van der Waals surface area contributed by atoms with Gasteiger partial charge in [-0.1, -0.05) is 81.3 Å². The Kier molecular flexibility index (Phi) is 9.90. The topological polar surface area (TPSA) is 58.2 Å². The molecule has 0 fully saturated rings. The Hall–Kier alpha value is -3.40. The Labute approximate surface area is 203 Å². The van der Waals surface area contributed by atoms with Crippen LogP contribution >= 0.6 is 0 Å². The van der Waals surface area contributed by atoms with Gasteiger partial charge in [-0.05, 0) is 73.1 Å². The van der Waals surface area contributed by atoms with Crippen molar-refractivity contribution in [3.05, 3.63) is 95.6 Å². The number of anilines is 2. The lowest BCUT2D eigenvalue weighted by molar-refractivity contribution is -0.129. The summed E-state index contributed by atoms with van der Waals surface area (Å²) in [6, 6.07) is 25.5. The van der Waals surface area contributed by atoms with Crippen molar-refractivity contribution in [2.45, 2.75) is 58.8 Å². The van der Waals surface area contributed by atoms with Gasteiger partial charge in [-0.2, -0.15) is 0 Å². The van der Waals surface area contributed by atoms with Gasteiger partial charge in [0.25, 0.3) is 0 Å². The minimum absolute atomic E-state index is 0.303. The van der Waals surface area contributed by atoms with E-state index in [0.29, 0.717) is 17.8 Å². The quantitative estimate of drug-likeness (QED) is 0.294. The van der Waals surface area contributed by atoms with Crippen molar-refractivity contribution >= 4 is 23.2 Å². The first-order chi connectivity index (χ1) is 16.6. The molecule has 0 saturated carbocycles. The fourth-order valence-electron chi connectivity index (χ4n) is 3.88. The zero-order chi connectivity index (χ0) is 24.2. The molecule has 3 rings (SSSR count). The average molecular weight is 457 g/mol. The Morgan fingerprint density at radius 2 is 1.06 bits per heavy atom. The van der Waals surface area contributed by atoms with Crippen LogP contribution in [0.15, 0.2) is 78.9 Å². The average Bonchev–Trinajstić information content (AvgIpc) is 2.87. The first-order valence-corrected chi connectivity index (χ1v) is 12.4. The van der Waals surface area contributed by atoms with E-state index in [1.807, 2.05) is 78.9 Å². The fourth-order valence-corrected chi connectivity index (χ4v) is 3.88. The maximum absolute atomic E-state index is 13.2. The number of benzene rings is 3. The summed E-state index contributed by atoms with van der Waals surface area (Å²) >= 11 is 0. The first-order valence-electron chi connectivity index (χ1n) is 12.4. The molecule has 0 heterocycles. The smallest absolute Gasteiger partial charge is 0.237 e. The molecule has 34 heavy (non-hydrogen) atoms. The molecule has 0 spiro atoms. The molecule has 3 aromatic rings. The van der Waals surface area contributed by atoms with Gasteiger partial charge in [0.2, 0.25) is 11.8 Å². The van der Waals surface area contributed by atoms with Gasteiger partial charge in [0.05, 0.1) is 0 Å². The molecule has 0 aliphatic carbocycles. The summed E-state index contributed by atoms with van der Waals surface area (Å²) in [5, 5.41) is 5.89. The van der Waals surface area contributed by atoms with Crippen molar-refractivity contribution in [3.8, 4) is 0 Å². The van der Waals surface area contributed by atoms with Crippen LogP contribution in [0.4, 0.5) is 11.4 Å². The van der Waals surface area contributed by atoms with Crippen LogP contribution in [0.25, 0.3) is 0 Å². The molecular weight excluding hydrogens is 420 g/mol. The van der Waals surface area contributed by atoms with Gasteiger partial charge in [-0.25, -0.2) is 0 Å². The van der Waals surface area contributed by atoms with Crippen LogP contribution in [0.1, 0.15) is 56.2 Å². The summed E-state index contributed by atoms with van der Waals surface area (Å²) in [7, 11) is 0. The zero-order valence-electron chi connectivity index (χ0n) is 20.3. The number of hydrogen-bond acceptors (Lipinski definition) is 2. The third-order valence-corrected chi connectivity index (χ3v) is 6.00. The van der Waals surface area contributed by atoms with E-state index in [1.54, 1.807) is 0 Å². The second-order valence-corrected chi connectivity index (χ2v) is 8.82. The Balaban J connectivity index is 1.70. The summed E-state index contributed by atoms with van der Waals surface area (Å²) in [5.74, 6) is -1.45. The van der Waals surface area contributed by atoms with Crippen molar-refractivity contribution in [2.24, 2.45) is 5.92 Å². The monoisotopic (exact) mass is 456 g/mol. The van der Waals surface area contributed by atoms with E-state index in [4.69, 9.17) is 0 Å². The predicted molar refractivity (Wildman–Crippen MR) is 141 cm³/mol. The lowest BCUT2D eigenvalue weighted by Crippen LogP contribution is -2.35. The van der Waals surface area contributed by atoms with E-state index in [0.717, 1.165) is 44.1 Å². The predicted octanol–water partition coefficient (Wildman–Crippen LogP) is 6.81. The van der Waals surface area contributed by atoms with Gasteiger partial charge >= 0.3 is 0 Å². The van der Waals surface area contributed by atoms with Gasteiger partial charge in [0.15, 0.2) is 0 Å². The summed E-state index contributed by atoms with van der Waals surface area (Å²) < 4.78 is 0. The Bertz CT molecular complexity index is 962. The molecule has 0 aromatic heterocycles. The summed E-state index contributed by atoms with van der Waals surface area (Å²) in [5.41, 5.74) is 4.86. The molecule has 4 nitrogen and oxygen atoms in total. The Morgan fingerprint density at radius 3 is 1.47 bits per heavy atom. The van der Waals surface area contributed by atoms with Gasteiger partial charge in [0, 0.05) is 11.4 Å². The summed E-state index contributed by atoms with van der Waals surface area (Å²) in [6.07, 6.45) is 6.98. The van der Waals surface area contributed by atoms with Crippen LogP contribution in [0.3, 0.4) is 0 Å². The molecule has 0 atom stereocenters. The minimum Gasteiger partial charge on any atom is -0.325 e. The highest BCUT2D eigenvalue weighted by Crippen LogP contribution is 2.18. The van der Waals surface area contributed by atoms with Crippen LogP contribution in [0.2, 0.25) is 0 Å². The second-order valence-electron chi connectivity index (χ2n) is 8.82. The van der Waals surface area contributed by atoms with Crippen LogP contribution in [0.5, 0.6) is 0 Å². The molecule has 178 valence electrons. The van der Waals surface area contributed by atoms with E-state index in [1.165, 1.54) is 11.1 Å². The van der Waals surface area contributed by atoms with E-state index < -0.39 is 5.92 Å². The number of carbonyl (C=O) groups excluding carboxylic acids is 2. The van der Waals surface area contributed by atoms with Crippen molar-refractivity contribution in [1.82, 2.24) is 0 Å². The number of hydrogen-bond donors (Lipinski definition) is 2. The highest BCUT2D eigenvalue weighted by molar-refractivity contribution is 6.11. The number of rotatable bonds is 12. The molecule has 3 aromatic carbocycles. The highest BCUT2D eigenvalue weighted by atomic mass is 16.2. The van der Waals surface area contributed by atoms with Crippen LogP contribution in [0, 0.1) is 5.92 Å². The number of carbonyl (C=O) groups is 2. The third kappa shape index (κ3) is 7.87. The summed E-state index contributed by atoms with van der Waals surface area (Å²) in [4.78, 5) is 26.4. The number of aryl methyl sites for hydroxylation is 2. The van der Waals surface area contributed by atoms with Gasteiger partial charge in [-0.3, -0.25) is 9.59 Å². The molecule has 0 unspecified atom stereocenters. The zero-order valence-corrected chi connectivity index (χ0v) is 20.3. The normalized spacial score (nSPS) is 10.8. The SMILES string of the molecule is CCCCc1ccc(NC(=O)C(Cc2ccccc2)C(=O)Nc2ccc(CCCC)cc2)cc1. The van der Waals surface area contributed by atoms with Crippen molar-refractivity contribution in [3.63, 3.8) is 0 Å². The lowest BCUT2D eigenvalue weighted by Gasteiger charge is -2.17. The maximum atomic E-state index is 13.2. The molecule has 0 aliphatic heterocycles. The second kappa shape index (κ2) is 13.3. The molecule has 2 N–H and O–H groups in total. The van der Waals surface area contributed by atoms with E-state index in [2.05, 4.69) is 24.5 Å². The fraction of sp³-hybridized carbons (Fsp3) is 0.333. The molecule has 0 radical (unpaired) electrons. The minimum atomic E-state index is -0.845. The van der Waals surface area contributed by atoms with Gasteiger partial charge in [0.1, 0.15) is 5.92 Å². The molecule has 0 saturated heterocycles. The van der Waals surface area contributed by atoms with Crippen molar-refractivity contribution < 1.29 is 9.59 Å². The Morgan fingerprint density at radius 1 is 0.618 bits per heavy atom. The maximum Gasteiger partial charge on any atom is 0.237 e. The van der Waals surface area contributed by atoms with E-state index in [-0.39, 0.29) is 11.8 Å². The van der Waals surface area contributed by atoms with E-state index in [9.17, 15) is 9.59 Å². The molecule has 4 heteroatoms. The number of nitrogens with one attached hydrogen (secondary N) is 2. The van der Waals surface area contributed by atoms with Crippen LogP contribution in [-0.2, 0) is 28.9 Å². The molecular formula is C30H36N2O2. The van der Waals surface area contributed by atoms with Crippen molar-refractivity contribution in [2.75, 3.05) is 10.6 Å². The number of amides is 2. The molecule has 0 aliphatic rings. The third-order valence-electron chi connectivity index (χ3n) is 6.00. The molecule has 0 bridgehead atoms. The van der Waals surface area contributed by atoms with Crippen LogP contribution < -0.4 is 10.6 Å². The molecule has 2 amide bonds. The van der Waals surface area contributed by atoms with E-state index >= 15 is 0 Å². The first kappa shape index (κ1) is 25.2. The van der Waals surface area contributed by atoms with Crippen molar-refractivity contribution in [1.29, 1.82) is 0 Å². The summed E-state index contributed by atoms with van der Waals surface area (Å²) in [6.45, 7) is 4.35. The number of unbranched alkanes of at least 4 members (excludes halogenated alkanes) is 2. The van der Waals surface area contributed by atoms with Gasteiger partial charge in [-0.15, -0.1) is 0 Å². The van der Waals surface area contributed by atoms with Gasteiger partial charge < -0.3 is 10.6 Å². The lowest BCUT2D eigenvalue weighted by atomic mass is 9.97.